The molecule has 1 atom stereocenters. The summed E-state index contributed by atoms with van der Waals surface area (Å²) >= 11 is 4.46. The molecule has 2 amide bonds. The first-order chi connectivity index (χ1) is 13.1. The summed E-state index contributed by atoms with van der Waals surface area (Å²) in [5, 5.41) is 17.5. The summed E-state index contributed by atoms with van der Waals surface area (Å²) in [5.74, 6) is -1.40. The van der Waals surface area contributed by atoms with Gasteiger partial charge in [-0.1, -0.05) is 12.1 Å². The molecule has 3 N–H and O–H groups in total. The molecule has 0 spiro atoms. The van der Waals surface area contributed by atoms with Crippen molar-refractivity contribution in [3.63, 3.8) is 0 Å². The van der Waals surface area contributed by atoms with Gasteiger partial charge in [0.15, 0.2) is 0 Å². The molecule has 0 fully saturated rings. The molecular weight excluding hydrogens is 400 g/mol. The van der Waals surface area contributed by atoms with Crippen LogP contribution in [0.25, 0.3) is 0 Å². The van der Waals surface area contributed by atoms with E-state index in [1.165, 1.54) is 22.7 Å². The molecule has 3 aromatic rings. The fraction of sp³-hybridized carbons (Fsp3) is 0.158. The van der Waals surface area contributed by atoms with Gasteiger partial charge in [0.05, 0.1) is 6.54 Å². The van der Waals surface area contributed by atoms with E-state index >= 15 is 0 Å². The van der Waals surface area contributed by atoms with Gasteiger partial charge in [0.2, 0.25) is 0 Å². The van der Waals surface area contributed by atoms with Crippen molar-refractivity contribution >= 4 is 51.9 Å². The lowest BCUT2D eigenvalue weighted by atomic mass is 10.2. The number of rotatable bonds is 6. The first-order valence-electron chi connectivity index (χ1n) is 8.10. The maximum Gasteiger partial charge on any atom is 0.313 e. The van der Waals surface area contributed by atoms with Gasteiger partial charge in [0, 0.05) is 25.2 Å². The minimum absolute atomic E-state index is 0.235. The quantitative estimate of drug-likeness (QED) is 0.419. The van der Waals surface area contributed by atoms with Crippen LogP contribution in [0.5, 0.6) is 0 Å². The zero-order chi connectivity index (χ0) is 19.2. The fourth-order valence-corrected chi connectivity index (χ4v) is 4.58. The highest BCUT2D eigenvalue weighted by molar-refractivity contribution is 7.98. The molecule has 140 valence electrons. The molecule has 27 heavy (non-hydrogen) atoms. The molecule has 0 aliphatic rings. The molecule has 2 aromatic heterocycles. The summed E-state index contributed by atoms with van der Waals surface area (Å²) in [6.45, 7) is 0.235. The van der Waals surface area contributed by atoms with Crippen molar-refractivity contribution in [3.05, 3.63) is 68.5 Å². The lowest BCUT2D eigenvalue weighted by Crippen LogP contribution is -2.34. The summed E-state index contributed by atoms with van der Waals surface area (Å²) in [6.07, 6.45) is 1.28. The van der Waals surface area contributed by atoms with E-state index in [2.05, 4.69) is 10.6 Å². The van der Waals surface area contributed by atoms with Gasteiger partial charge in [-0.05, 0) is 48.0 Å². The Bertz CT molecular complexity index is 922. The van der Waals surface area contributed by atoms with E-state index in [9.17, 15) is 14.7 Å². The molecule has 0 radical (unpaired) electrons. The Morgan fingerprint density at radius 3 is 2.70 bits per heavy atom. The third-order valence-electron chi connectivity index (χ3n) is 3.72. The van der Waals surface area contributed by atoms with E-state index in [4.69, 9.17) is 0 Å². The van der Waals surface area contributed by atoms with E-state index in [0.29, 0.717) is 5.69 Å². The highest BCUT2D eigenvalue weighted by Crippen LogP contribution is 2.30. The Morgan fingerprint density at radius 2 is 1.96 bits per heavy atom. The molecule has 0 bridgehead atoms. The Balaban J connectivity index is 1.53. The Morgan fingerprint density at radius 1 is 1.11 bits per heavy atom. The van der Waals surface area contributed by atoms with Crippen molar-refractivity contribution in [2.45, 2.75) is 17.5 Å². The number of anilines is 1. The monoisotopic (exact) mass is 418 g/mol. The summed E-state index contributed by atoms with van der Waals surface area (Å²) in [4.78, 5) is 27.6. The summed E-state index contributed by atoms with van der Waals surface area (Å²) in [7, 11) is 0. The van der Waals surface area contributed by atoms with Gasteiger partial charge in [0.1, 0.15) is 6.10 Å². The summed E-state index contributed by atoms with van der Waals surface area (Å²) < 4.78 is 0. The molecule has 2 heterocycles. The van der Waals surface area contributed by atoms with E-state index in [0.717, 1.165) is 19.5 Å². The molecule has 0 aliphatic heterocycles. The van der Waals surface area contributed by atoms with Crippen molar-refractivity contribution in [2.75, 3.05) is 11.6 Å². The molecule has 0 saturated carbocycles. The first kappa shape index (κ1) is 19.6. The van der Waals surface area contributed by atoms with Crippen LogP contribution in [-0.4, -0.2) is 23.2 Å². The molecule has 1 unspecified atom stereocenters. The van der Waals surface area contributed by atoms with Crippen LogP contribution in [0.2, 0.25) is 0 Å². The van der Waals surface area contributed by atoms with Gasteiger partial charge < -0.3 is 15.7 Å². The van der Waals surface area contributed by atoms with E-state index in [-0.39, 0.29) is 6.54 Å². The second-order valence-electron chi connectivity index (χ2n) is 5.59. The fourth-order valence-electron chi connectivity index (χ4n) is 2.36. The number of thiophene rings is 2. The average Bonchev–Trinajstić information content (AvgIpc) is 3.37. The van der Waals surface area contributed by atoms with Crippen LogP contribution >= 0.6 is 34.4 Å². The maximum absolute atomic E-state index is 12.0. The van der Waals surface area contributed by atoms with Crippen LogP contribution in [0, 0.1) is 0 Å². The Labute approximate surface area is 169 Å². The molecule has 8 heteroatoms. The number of carbonyl (C=O) groups excluding carboxylic acids is 2. The smallest absolute Gasteiger partial charge is 0.313 e. The number of thioether (sulfide) groups is 1. The lowest BCUT2D eigenvalue weighted by Gasteiger charge is -2.07. The van der Waals surface area contributed by atoms with Gasteiger partial charge >= 0.3 is 11.8 Å². The first-order valence-corrected chi connectivity index (χ1v) is 11.0. The van der Waals surface area contributed by atoms with Crippen molar-refractivity contribution < 1.29 is 14.7 Å². The third-order valence-corrected chi connectivity index (χ3v) is 6.51. The molecular formula is C19H18N2O3S3. The van der Waals surface area contributed by atoms with Crippen LogP contribution in [-0.2, 0) is 16.1 Å². The number of hydrogen-bond donors (Lipinski definition) is 3. The van der Waals surface area contributed by atoms with Crippen LogP contribution in [0.1, 0.15) is 20.7 Å². The van der Waals surface area contributed by atoms with Crippen molar-refractivity contribution in [2.24, 2.45) is 0 Å². The Kier molecular flexibility index (Phi) is 6.68. The van der Waals surface area contributed by atoms with Crippen molar-refractivity contribution in [3.8, 4) is 0 Å². The molecule has 0 aliphatic carbocycles. The molecule has 0 saturated heterocycles. The molecule has 1 aromatic carbocycles. The second-order valence-corrected chi connectivity index (χ2v) is 8.65. The summed E-state index contributed by atoms with van der Waals surface area (Å²) in [6, 6.07) is 14.8. The number of aliphatic hydroxyl groups is 1. The van der Waals surface area contributed by atoms with Gasteiger partial charge in [0.25, 0.3) is 0 Å². The van der Waals surface area contributed by atoms with Crippen LogP contribution in [0.15, 0.2) is 58.8 Å². The van der Waals surface area contributed by atoms with Gasteiger partial charge in [-0.2, -0.15) is 0 Å². The number of aliphatic hydroxyl groups excluding tert-OH is 1. The highest BCUT2D eigenvalue weighted by Gasteiger charge is 2.16. The average molecular weight is 419 g/mol. The van der Waals surface area contributed by atoms with Crippen molar-refractivity contribution in [1.29, 1.82) is 0 Å². The van der Waals surface area contributed by atoms with Gasteiger partial charge in [-0.3, -0.25) is 9.59 Å². The molecule has 5 nitrogen and oxygen atoms in total. The SMILES string of the molecule is CSc1cccc(NC(=O)C(=O)NCc2ccc(C(O)c3cccs3)s2)c1. The van der Waals surface area contributed by atoms with Crippen LogP contribution in [0.4, 0.5) is 5.69 Å². The third kappa shape index (κ3) is 5.20. The maximum atomic E-state index is 12.0. The van der Waals surface area contributed by atoms with E-state index in [1.54, 1.807) is 17.8 Å². The highest BCUT2D eigenvalue weighted by atomic mass is 32.2. The topological polar surface area (TPSA) is 78.4 Å². The van der Waals surface area contributed by atoms with Gasteiger partial charge in [-0.15, -0.1) is 34.4 Å². The number of hydrogen-bond acceptors (Lipinski definition) is 6. The largest absolute Gasteiger partial charge is 0.382 e. The van der Waals surface area contributed by atoms with Gasteiger partial charge in [-0.25, -0.2) is 0 Å². The van der Waals surface area contributed by atoms with E-state index < -0.39 is 17.9 Å². The minimum Gasteiger partial charge on any atom is -0.382 e. The predicted molar refractivity (Wildman–Crippen MR) is 111 cm³/mol. The van der Waals surface area contributed by atoms with Crippen LogP contribution < -0.4 is 10.6 Å². The number of benzene rings is 1. The summed E-state index contributed by atoms with van der Waals surface area (Å²) in [5.41, 5.74) is 0.583. The normalized spacial score (nSPS) is 11.8. The molecule has 3 rings (SSSR count). The number of carbonyl (C=O) groups is 2. The lowest BCUT2D eigenvalue weighted by molar-refractivity contribution is -0.136. The standard InChI is InChI=1S/C19H18N2O3S3/c1-25-13-5-2-4-12(10-13)21-19(24)18(23)20-11-14-7-8-16(27-14)17(22)15-6-3-9-26-15/h2-10,17,22H,11H2,1H3,(H,20,23)(H,21,24). The number of amides is 2. The Hall–Kier alpha value is -2.13. The predicted octanol–water partition coefficient (Wildman–Crippen LogP) is 3.87. The van der Waals surface area contributed by atoms with E-state index in [1.807, 2.05) is 54.1 Å². The number of nitrogens with one attached hydrogen (secondary N) is 2. The minimum atomic E-state index is -0.705. The second kappa shape index (κ2) is 9.18. The zero-order valence-corrected chi connectivity index (χ0v) is 16.9. The van der Waals surface area contributed by atoms with Crippen molar-refractivity contribution in [1.82, 2.24) is 5.32 Å². The van der Waals surface area contributed by atoms with Crippen LogP contribution in [0.3, 0.4) is 0 Å². The zero-order valence-electron chi connectivity index (χ0n) is 14.5.